The van der Waals surface area contributed by atoms with Gasteiger partial charge in [-0.1, -0.05) is 20.8 Å². The number of hydrogen-bond donors (Lipinski definition) is 0. The lowest BCUT2D eigenvalue weighted by Crippen LogP contribution is -2.41. The molecule has 0 aromatic carbocycles. The highest BCUT2D eigenvalue weighted by Crippen LogP contribution is 2.24. The summed E-state index contributed by atoms with van der Waals surface area (Å²) < 4.78 is 2.69. The molecule has 0 atom stereocenters. The number of nitrogens with zero attached hydrogens (tertiary/aromatic N) is 4. The van der Waals surface area contributed by atoms with Gasteiger partial charge in [-0.05, 0) is 12.8 Å². The second-order valence-electron chi connectivity index (χ2n) is 6.74. The first-order chi connectivity index (χ1) is 10.8. The summed E-state index contributed by atoms with van der Waals surface area (Å²) >= 11 is 1.43. The van der Waals surface area contributed by atoms with Crippen LogP contribution in [0.3, 0.4) is 0 Å². The predicted molar refractivity (Wildman–Crippen MR) is 87.9 cm³/mol. The lowest BCUT2D eigenvalue weighted by atomic mass is 9.93. The van der Waals surface area contributed by atoms with E-state index in [-0.39, 0.29) is 23.2 Å². The molecule has 0 saturated heterocycles. The molecular weight excluding hydrogens is 312 g/mol. The van der Waals surface area contributed by atoms with Gasteiger partial charge in [-0.15, -0.1) is 11.3 Å². The van der Waals surface area contributed by atoms with Gasteiger partial charge in [-0.3, -0.25) is 13.9 Å². The van der Waals surface area contributed by atoms with Gasteiger partial charge >= 0.3 is 5.69 Å². The van der Waals surface area contributed by atoms with E-state index in [1.807, 2.05) is 11.4 Å². The molecular formula is C16H18N4O2S. The van der Waals surface area contributed by atoms with Gasteiger partial charge in [0.15, 0.2) is 0 Å². The molecule has 0 fully saturated rings. The highest BCUT2D eigenvalue weighted by atomic mass is 32.1. The molecule has 0 spiro atoms. The van der Waals surface area contributed by atoms with Crippen LogP contribution in [0.4, 0.5) is 0 Å². The van der Waals surface area contributed by atoms with Crippen LogP contribution in [0.1, 0.15) is 49.2 Å². The summed E-state index contributed by atoms with van der Waals surface area (Å²) in [6.45, 7) is 6.88. The van der Waals surface area contributed by atoms with Crippen LogP contribution in [0.15, 0.2) is 15.0 Å². The Kier molecular flexibility index (Phi) is 3.72. The van der Waals surface area contributed by atoms with Crippen LogP contribution < -0.4 is 11.2 Å². The predicted octanol–water partition coefficient (Wildman–Crippen LogP) is 1.63. The van der Waals surface area contributed by atoms with Gasteiger partial charge in [0.25, 0.3) is 5.56 Å². The van der Waals surface area contributed by atoms with Crippen molar-refractivity contribution in [2.75, 3.05) is 0 Å². The maximum atomic E-state index is 12.6. The molecule has 0 radical (unpaired) electrons. The van der Waals surface area contributed by atoms with E-state index < -0.39 is 5.56 Å². The average Bonchev–Trinajstić information content (AvgIpc) is 3.12. The summed E-state index contributed by atoms with van der Waals surface area (Å²) in [6.07, 6.45) is 1.40. The molecule has 0 aliphatic carbocycles. The Labute approximate surface area is 137 Å². The van der Waals surface area contributed by atoms with Gasteiger partial charge in [-0.25, -0.2) is 9.78 Å². The zero-order valence-corrected chi connectivity index (χ0v) is 14.2. The van der Waals surface area contributed by atoms with Crippen molar-refractivity contribution < 1.29 is 0 Å². The minimum Gasteiger partial charge on any atom is -0.296 e. The molecule has 1 aliphatic heterocycles. The van der Waals surface area contributed by atoms with Crippen molar-refractivity contribution in [3.8, 4) is 6.07 Å². The van der Waals surface area contributed by atoms with E-state index in [0.29, 0.717) is 23.7 Å². The topological polar surface area (TPSA) is 80.7 Å². The lowest BCUT2D eigenvalue weighted by molar-refractivity contribution is 0.564. The van der Waals surface area contributed by atoms with Crippen molar-refractivity contribution >= 4 is 11.3 Å². The van der Waals surface area contributed by atoms with Crippen LogP contribution in [-0.2, 0) is 24.9 Å². The van der Waals surface area contributed by atoms with Crippen molar-refractivity contribution in [1.82, 2.24) is 14.1 Å². The Hall–Kier alpha value is -2.20. The molecule has 6 nitrogen and oxygen atoms in total. The zero-order chi connectivity index (χ0) is 16.8. The first kappa shape index (κ1) is 15.7. The average molecular weight is 330 g/mol. The van der Waals surface area contributed by atoms with E-state index >= 15 is 0 Å². The van der Waals surface area contributed by atoms with Crippen LogP contribution in [-0.4, -0.2) is 14.1 Å². The van der Waals surface area contributed by atoms with Crippen LogP contribution in [0.5, 0.6) is 0 Å². The standard InChI is InChI=1S/C16H18N4O2S/c1-16(2,3)12-9-23-13(18-12)8-20-14(21)10(7-17)11-5-4-6-19(11)15(20)22/h9H,4-6,8H2,1-3H3. The van der Waals surface area contributed by atoms with Crippen molar-refractivity contribution in [1.29, 1.82) is 5.26 Å². The van der Waals surface area contributed by atoms with Gasteiger partial charge in [0.05, 0.1) is 12.2 Å². The largest absolute Gasteiger partial charge is 0.331 e. The van der Waals surface area contributed by atoms with E-state index in [1.165, 1.54) is 11.3 Å². The molecule has 2 aromatic rings. The molecule has 0 N–H and O–H groups in total. The minimum atomic E-state index is -0.502. The Balaban J connectivity index is 2.08. The van der Waals surface area contributed by atoms with E-state index in [4.69, 9.17) is 0 Å². The number of fused-ring (bicyclic) bond motifs is 1. The van der Waals surface area contributed by atoms with E-state index in [9.17, 15) is 14.9 Å². The summed E-state index contributed by atoms with van der Waals surface area (Å²) in [5, 5.41) is 11.9. The minimum absolute atomic E-state index is 0.0789. The van der Waals surface area contributed by atoms with Gasteiger partial charge < -0.3 is 0 Å². The van der Waals surface area contributed by atoms with Gasteiger partial charge in [-0.2, -0.15) is 5.26 Å². The molecule has 7 heteroatoms. The summed E-state index contributed by atoms with van der Waals surface area (Å²) in [7, 11) is 0. The number of hydrogen-bond acceptors (Lipinski definition) is 5. The summed E-state index contributed by atoms with van der Waals surface area (Å²) in [4.78, 5) is 29.6. The van der Waals surface area contributed by atoms with Crippen LogP contribution in [0.2, 0.25) is 0 Å². The van der Waals surface area contributed by atoms with Gasteiger partial charge in [0, 0.05) is 23.0 Å². The van der Waals surface area contributed by atoms with Gasteiger partial charge in [0.2, 0.25) is 0 Å². The van der Waals surface area contributed by atoms with Crippen LogP contribution >= 0.6 is 11.3 Å². The van der Waals surface area contributed by atoms with E-state index in [1.54, 1.807) is 4.57 Å². The van der Waals surface area contributed by atoms with Crippen LogP contribution in [0.25, 0.3) is 0 Å². The monoisotopic (exact) mass is 330 g/mol. The second-order valence-corrected chi connectivity index (χ2v) is 7.68. The molecule has 0 saturated carbocycles. The van der Waals surface area contributed by atoms with Gasteiger partial charge in [0.1, 0.15) is 16.6 Å². The molecule has 1 aliphatic rings. The van der Waals surface area contributed by atoms with Crippen molar-refractivity contribution in [2.45, 2.75) is 52.1 Å². The summed E-state index contributed by atoms with van der Waals surface area (Å²) in [6, 6.07) is 1.97. The Morgan fingerprint density at radius 3 is 2.74 bits per heavy atom. The highest BCUT2D eigenvalue weighted by molar-refractivity contribution is 7.09. The number of thiazole rings is 1. The van der Waals surface area contributed by atoms with E-state index in [2.05, 4.69) is 25.8 Å². The summed E-state index contributed by atoms with van der Waals surface area (Å²) in [5.74, 6) is 0. The third-order valence-electron chi connectivity index (χ3n) is 4.06. The fourth-order valence-corrected chi connectivity index (χ4v) is 3.76. The molecule has 3 rings (SSSR count). The number of rotatable bonds is 2. The normalized spacial score (nSPS) is 13.8. The number of nitriles is 1. The maximum Gasteiger partial charge on any atom is 0.331 e. The number of aromatic nitrogens is 3. The molecule has 0 amide bonds. The summed E-state index contributed by atoms with van der Waals surface area (Å²) in [5.41, 5.74) is 0.687. The molecule has 120 valence electrons. The van der Waals surface area contributed by atoms with Crippen molar-refractivity contribution in [3.05, 3.63) is 48.2 Å². The van der Waals surface area contributed by atoms with Crippen LogP contribution in [0, 0.1) is 11.3 Å². The molecule has 0 unspecified atom stereocenters. The Morgan fingerprint density at radius 2 is 2.13 bits per heavy atom. The first-order valence-electron chi connectivity index (χ1n) is 7.54. The first-order valence-corrected chi connectivity index (χ1v) is 8.42. The van der Waals surface area contributed by atoms with Crippen molar-refractivity contribution in [3.63, 3.8) is 0 Å². The quantitative estimate of drug-likeness (QED) is 0.838. The fraction of sp³-hybridized carbons (Fsp3) is 0.500. The lowest BCUT2D eigenvalue weighted by Gasteiger charge is -2.14. The smallest absolute Gasteiger partial charge is 0.296 e. The SMILES string of the molecule is CC(C)(C)c1csc(Cn2c(=O)c(C#N)c3n(c2=O)CCC3)n1. The van der Waals surface area contributed by atoms with Crippen molar-refractivity contribution in [2.24, 2.45) is 0 Å². The Bertz CT molecular complexity index is 922. The fourth-order valence-electron chi connectivity index (χ4n) is 2.75. The maximum absolute atomic E-state index is 12.6. The zero-order valence-electron chi connectivity index (χ0n) is 13.4. The second kappa shape index (κ2) is 5.46. The molecule has 23 heavy (non-hydrogen) atoms. The third kappa shape index (κ3) is 2.63. The Morgan fingerprint density at radius 1 is 1.39 bits per heavy atom. The molecule has 0 bridgehead atoms. The van der Waals surface area contributed by atoms with E-state index in [0.717, 1.165) is 16.7 Å². The third-order valence-corrected chi connectivity index (χ3v) is 4.89. The molecule has 3 heterocycles. The molecule has 2 aromatic heterocycles. The highest BCUT2D eigenvalue weighted by Gasteiger charge is 2.23.